The van der Waals surface area contributed by atoms with Crippen molar-refractivity contribution in [3.63, 3.8) is 0 Å². The SMILES string of the molecule is CC(C(=O)N(C)C(C)C(=O)O)c1c(F)cccc1F. The van der Waals surface area contributed by atoms with E-state index in [2.05, 4.69) is 0 Å². The topological polar surface area (TPSA) is 57.6 Å². The van der Waals surface area contributed by atoms with Crippen LogP contribution in [0.15, 0.2) is 18.2 Å². The molecule has 2 atom stereocenters. The fourth-order valence-electron chi connectivity index (χ4n) is 1.71. The van der Waals surface area contributed by atoms with Gasteiger partial charge >= 0.3 is 5.97 Å². The largest absolute Gasteiger partial charge is 0.480 e. The summed E-state index contributed by atoms with van der Waals surface area (Å²) in [5.74, 6) is -4.57. The van der Waals surface area contributed by atoms with Crippen LogP contribution in [0, 0.1) is 11.6 Å². The van der Waals surface area contributed by atoms with Crippen LogP contribution in [-0.2, 0) is 9.59 Å². The Hall–Kier alpha value is -1.98. The van der Waals surface area contributed by atoms with E-state index in [1.54, 1.807) is 0 Å². The molecular weight excluding hydrogens is 256 g/mol. The number of nitrogens with zero attached hydrogens (tertiary/aromatic N) is 1. The van der Waals surface area contributed by atoms with Gasteiger partial charge in [0.05, 0.1) is 5.92 Å². The molecule has 1 aromatic rings. The summed E-state index contributed by atoms with van der Waals surface area (Å²) in [5, 5.41) is 8.82. The van der Waals surface area contributed by atoms with Crippen LogP contribution in [0.4, 0.5) is 8.78 Å². The number of halogens is 2. The molecule has 4 nitrogen and oxygen atoms in total. The van der Waals surface area contributed by atoms with Crippen LogP contribution >= 0.6 is 0 Å². The molecule has 1 aromatic carbocycles. The first kappa shape index (κ1) is 15.1. The Morgan fingerprint density at radius 1 is 1.21 bits per heavy atom. The highest BCUT2D eigenvalue weighted by atomic mass is 19.1. The number of carbonyl (C=O) groups excluding carboxylic acids is 1. The zero-order valence-electron chi connectivity index (χ0n) is 10.9. The second-order valence-electron chi connectivity index (χ2n) is 4.32. The molecule has 0 radical (unpaired) electrons. The molecule has 6 heteroatoms. The summed E-state index contributed by atoms with van der Waals surface area (Å²) in [6.45, 7) is 2.67. The number of hydrogen-bond acceptors (Lipinski definition) is 2. The van der Waals surface area contributed by atoms with Crippen LogP contribution in [0.25, 0.3) is 0 Å². The van der Waals surface area contributed by atoms with Gasteiger partial charge in [0.2, 0.25) is 5.91 Å². The number of rotatable bonds is 4. The Kier molecular flexibility index (Phi) is 4.58. The van der Waals surface area contributed by atoms with E-state index in [1.165, 1.54) is 27.0 Å². The Labute approximate surface area is 109 Å². The van der Waals surface area contributed by atoms with Gasteiger partial charge in [-0.05, 0) is 26.0 Å². The van der Waals surface area contributed by atoms with Gasteiger partial charge in [0.25, 0.3) is 0 Å². The van der Waals surface area contributed by atoms with E-state index >= 15 is 0 Å². The number of carboxylic acids is 1. The van der Waals surface area contributed by atoms with Crippen LogP contribution < -0.4 is 0 Å². The third-order valence-electron chi connectivity index (χ3n) is 3.09. The Bertz CT molecular complexity index is 484. The first-order valence-electron chi connectivity index (χ1n) is 5.70. The maximum absolute atomic E-state index is 13.6. The van der Waals surface area contributed by atoms with Crippen molar-refractivity contribution in [3.8, 4) is 0 Å². The summed E-state index contributed by atoms with van der Waals surface area (Å²) < 4.78 is 27.1. The molecule has 0 saturated carbocycles. The molecule has 1 N–H and O–H groups in total. The van der Waals surface area contributed by atoms with Crippen molar-refractivity contribution in [2.24, 2.45) is 0 Å². The summed E-state index contributed by atoms with van der Waals surface area (Å²) in [6.07, 6.45) is 0. The van der Waals surface area contributed by atoms with Gasteiger partial charge in [-0.1, -0.05) is 6.07 Å². The predicted molar refractivity (Wildman–Crippen MR) is 64.6 cm³/mol. The summed E-state index contributed by atoms with van der Waals surface area (Å²) in [7, 11) is 1.29. The number of amides is 1. The number of hydrogen-bond donors (Lipinski definition) is 1. The molecule has 0 aromatic heterocycles. The standard InChI is InChI=1S/C13H15F2NO3/c1-7(11-9(14)5-4-6-10(11)15)12(17)16(3)8(2)13(18)19/h4-8H,1-3H3,(H,18,19). The second kappa shape index (κ2) is 5.77. The highest BCUT2D eigenvalue weighted by Gasteiger charge is 2.29. The van der Waals surface area contributed by atoms with Crippen LogP contribution in [0.5, 0.6) is 0 Å². The molecule has 1 amide bonds. The van der Waals surface area contributed by atoms with Gasteiger partial charge in [0, 0.05) is 12.6 Å². The lowest BCUT2D eigenvalue weighted by Gasteiger charge is -2.25. The van der Waals surface area contributed by atoms with Gasteiger partial charge in [-0.15, -0.1) is 0 Å². The average molecular weight is 271 g/mol. The minimum Gasteiger partial charge on any atom is -0.480 e. The second-order valence-corrected chi connectivity index (χ2v) is 4.32. The van der Waals surface area contributed by atoms with Crippen molar-refractivity contribution in [1.82, 2.24) is 4.90 Å². The molecule has 0 saturated heterocycles. The third-order valence-corrected chi connectivity index (χ3v) is 3.09. The number of carbonyl (C=O) groups is 2. The van der Waals surface area contributed by atoms with Crippen molar-refractivity contribution < 1.29 is 23.5 Å². The molecule has 0 aliphatic heterocycles. The number of aliphatic carboxylic acids is 1. The summed E-state index contributed by atoms with van der Waals surface area (Å²) in [4.78, 5) is 23.8. The van der Waals surface area contributed by atoms with E-state index in [4.69, 9.17) is 5.11 Å². The molecule has 0 bridgehead atoms. The molecule has 0 aliphatic carbocycles. The van der Waals surface area contributed by atoms with Crippen molar-refractivity contribution >= 4 is 11.9 Å². The number of benzene rings is 1. The van der Waals surface area contributed by atoms with E-state index in [1.807, 2.05) is 0 Å². The smallest absolute Gasteiger partial charge is 0.326 e. The highest BCUT2D eigenvalue weighted by Crippen LogP contribution is 2.24. The average Bonchev–Trinajstić information content (AvgIpc) is 2.35. The normalized spacial score (nSPS) is 13.7. The molecule has 0 aliphatic rings. The van der Waals surface area contributed by atoms with E-state index in [0.717, 1.165) is 17.0 Å². The first-order chi connectivity index (χ1) is 8.77. The Morgan fingerprint density at radius 3 is 2.11 bits per heavy atom. The first-order valence-corrected chi connectivity index (χ1v) is 5.70. The zero-order chi connectivity index (χ0) is 14.7. The Morgan fingerprint density at radius 2 is 1.68 bits per heavy atom. The fourth-order valence-corrected chi connectivity index (χ4v) is 1.71. The maximum atomic E-state index is 13.6. The van der Waals surface area contributed by atoms with Gasteiger partial charge < -0.3 is 10.0 Å². The van der Waals surface area contributed by atoms with Crippen molar-refractivity contribution in [1.29, 1.82) is 0 Å². The third kappa shape index (κ3) is 3.07. The van der Waals surface area contributed by atoms with E-state index in [9.17, 15) is 18.4 Å². The molecule has 0 spiro atoms. The molecule has 0 heterocycles. The van der Waals surface area contributed by atoms with Crippen LogP contribution in [-0.4, -0.2) is 35.0 Å². The van der Waals surface area contributed by atoms with E-state index < -0.39 is 35.5 Å². The van der Waals surface area contributed by atoms with Crippen LogP contribution in [0.1, 0.15) is 25.3 Å². The highest BCUT2D eigenvalue weighted by molar-refractivity contribution is 5.87. The van der Waals surface area contributed by atoms with Gasteiger partial charge in [-0.3, -0.25) is 4.79 Å². The zero-order valence-corrected chi connectivity index (χ0v) is 10.9. The lowest BCUT2D eigenvalue weighted by atomic mass is 9.98. The van der Waals surface area contributed by atoms with Gasteiger partial charge in [0.1, 0.15) is 17.7 Å². The molecule has 19 heavy (non-hydrogen) atoms. The molecule has 2 unspecified atom stereocenters. The Balaban J connectivity index is 3.03. The van der Waals surface area contributed by atoms with Crippen molar-refractivity contribution in [3.05, 3.63) is 35.4 Å². The summed E-state index contributed by atoms with van der Waals surface area (Å²) in [6, 6.07) is 2.26. The summed E-state index contributed by atoms with van der Waals surface area (Å²) in [5.41, 5.74) is -0.350. The van der Waals surface area contributed by atoms with Gasteiger partial charge in [-0.25, -0.2) is 13.6 Å². The van der Waals surface area contributed by atoms with E-state index in [0.29, 0.717) is 0 Å². The monoisotopic (exact) mass is 271 g/mol. The fraction of sp³-hybridized carbons (Fsp3) is 0.385. The molecule has 104 valence electrons. The van der Waals surface area contributed by atoms with Crippen molar-refractivity contribution in [2.45, 2.75) is 25.8 Å². The lowest BCUT2D eigenvalue weighted by Crippen LogP contribution is -2.42. The summed E-state index contributed by atoms with van der Waals surface area (Å²) >= 11 is 0. The number of likely N-dealkylation sites (N-methyl/N-ethyl adjacent to an activating group) is 1. The maximum Gasteiger partial charge on any atom is 0.326 e. The van der Waals surface area contributed by atoms with Gasteiger partial charge in [-0.2, -0.15) is 0 Å². The van der Waals surface area contributed by atoms with Gasteiger partial charge in [0.15, 0.2) is 0 Å². The van der Waals surface area contributed by atoms with Crippen molar-refractivity contribution in [2.75, 3.05) is 7.05 Å². The minimum atomic E-state index is -1.18. The predicted octanol–water partition coefficient (Wildman–Crippen LogP) is 2.00. The molecule has 0 fully saturated rings. The van der Waals surface area contributed by atoms with E-state index in [-0.39, 0.29) is 5.56 Å². The quantitative estimate of drug-likeness (QED) is 0.911. The van der Waals surface area contributed by atoms with Crippen LogP contribution in [0.3, 0.4) is 0 Å². The minimum absolute atomic E-state index is 0.350. The lowest BCUT2D eigenvalue weighted by molar-refractivity contribution is -0.148. The molecule has 1 rings (SSSR count). The number of carboxylic acid groups (broad SMARTS) is 1. The molecular formula is C13H15F2NO3. The van der Waals surface area contributed by atoms with Crippen LogP contribution in [0.2, 0.25) is 0 Å².